The van der Waals surface area contributed by atoms with E-state index in [9.17, 15) is 0 Å². The van der Waals surface area contributed by atoms with Gasteiger partial charge in [-0.25, -0.2) is 0 Å². The average molecular weight is 322 g/mol. The first kappa shape index (κ1) is 17.0. The van der Waals surface area contributed by atoms with Gasteiger partial charge in [0.15, 0.2) is 0 Å². The van der Waals surface area contributed by atoms with Crippen LogP contribution in [0.2, 0.25) is 0 Å². The van der Waals surface area contributed by atoms with Crippen LogP contribution in [0.3, 0.4) is 0 Å². The monoisotopic (exact) mass is 322 g/mol. The standard InChI is InChI=1S/2C11H15N/c1-9(2)12-7-10-5-3-4-6-11(10)8-12;1-9(2)12-8-7-10-5-3-4-6-11(10)12/h2*3-6,9H,7-8H2,1-2H3. The maximum Gasteiger partial charge on any atom is 0.0401 e. The molecule has 4 rings (SSSR count). The van der Waals surface area contributed by atoms with Crippen LogP contribution in [0.5, 0.6) is 0 Å². The Hall–Kier alpha value is -1.80. The molecular weight excluding hydrogens is 292 g/mol. The van der Waals surface area contributed by atoms with Crippen LogP contribution < -0.4 is 4.90 Å². The van der Waals surface area contributed by atoms with Crippen molar-refractivity contribution in [1.82, 2.24) is 4.90 Å². The number of benzene rings is 2. The highest BCUT2D eigenvalue weighted by molar-refractivity contribution is 5.58. The second kappa shape index (κ2) is 7.40. The molecule has 2 aromatic rings. The zero-order valence-corrected chi connectivity index (χ0v) is 15.5. The van der Waals surface area contributed by atoms with Crippen LogP contribution in [0.1, 0.15) is 44.4 Å². The lowest BCUT2D eigenvalue weighted by atomic mass is 10.1. The minimum absolute atomic E-state index is 0.633. The van der Waals surface area contributed by atoms with E-state index >= 15 is 0 Å². The fourth-order valence-corrected chi connectivity index (χ4v) is 3.62. The van der Waals surface area contributed by atoms with E-state index in [1.807, 2.05) is 0 Å². The van der Waals surface area contributed by atoms with Gasteiger partial charge < -0.3 is 4.90 Å². The molecular formula is C22H30N2. The van der Waals surface area contributed by atoms with Gasteiger partial charge in [0, 0.05) is 37.4 Å². The maximum atomic E-state index is 2.49. The molecule has 2 aliphatic rings. The SMILES string of the molecule is CC(C)N1CCc2ccccc21.CC(C)N1Cc2ccccc2C1. The number of anilines is 1. The zero-order valence-electron chi connectivity index (χ0n) is 15.5. The average Bonchev–Trinajstić information content (AvgIpc) is 3.19. The van der Waals surface area contributed by atoms with E-state index in [0.29, 0.717) is 12.1 Å². The van der Waals surface area contributed by atoms with Gasteiger partial charge in [-0.3, -0.25) is 4.90 Å². The molecule has 2 heterocycles. The van der Waals surface area contributed by atoms with Gasteiger partial charge in [-0.1, -0.05) is 42.5 Å². The Kier molecular flexibility index (Phi) is 5.25. The summed E-state index contributed by atoms with van der Waals surface area (Å²) in [6, 6.07) is 18.7. The molecule has 0 saturated carbocycles. The van der Waals surface area contributed by atoms with Gasteiger partial charge in [0.25, 0.3) is 0 Å². The summed E-state index contributed by atoms with van der Waals surface area (Å²) in [5.41, 5.74) is 5.95. The van der Waals surface area contributed by atoms with Crippen LogP contribution in [0, 0.1) is 0 Å². The van der Waals surface area contributed by atoms with Crippen molar-refractivity contribution in [3.05, 3.63) is 65.2 Å². The van der Waals surface area contributed by atoms with Crippen molar-refractivity contribution in [3.8, 4) is 0 Å². The number of fused-ring (bicyclic) bond motifs is 2. The van der Waals surface area contributed by atoms with Crippen LogP contribution in [0.25, 0.3) is 0 Å². The van der Waals surface area contributed by atoms with E-state index < -0.39 is 0 Å². The lowest BCUT2D eigenvalue weighted by Crippen LogP contribution is -2.28. The largest absolute Gasteiger partial charge is 0.369 e. The van der Waals surface area contributed by atoms with Crippen molar-refractivity contribution in [3.63, 3.8) is 0 Å². The Balaban J connectivity index is 0.000000141. The zero-order chi connectivity index (χ0) is 17.1. The summed E-state index contributed by atoms with van der Waals surface area (Å²) in [4.78, 5) is 4.96. The lowest BCUT2D eigenvalue weighted by molar-refractivity contribution is 0.227. The summed E-state index contributed by atoms with van der Waals surface area (Å²) >= 11 is 0. The maximum absolute atomic E-state index is 2.49. The molecule has 2 aliphatic heterocycles. The van der Waals surface area contributed by atoms with Crippen LogP contribution in [-0.2, 0) is 19.5 Å². The summed E-state index contributed by atoms with van der Waals surface area (Å²) < 4.78 is 0. The summed E-state index contributed by atoms with van der Waals surface area (Å²) in [6.45, 7) is 12.5. The first-order valence-electron chi connectivity index (χ1n) is 9.21. The Morgan fingerprint density at radius 2 is 1.25 bits per heavy atom. The van der Waals surface area contributed by atoms with E-state index in [2.05, 4.69) is 86.0 Å². The van der Waals surface area contributed by atoms with E-state index in [4.69, 9.17) is 0 Å². The molecule has 2 aromatic carbocycles. The van der Waals surface area contributed by atoms with E-state index in [1.165, 1.54) is 35.3 Å². The minimum atomic E-state index is 0.633. The van der Waals surface area contributed by atoms with Gasteiger partial charge in [0.1, 0.15) is 0 Å². The van der Waals surface area contributed by atoms with Crippen molar-refractivity contribution in [2.24, 2.45) is 0 Å². The molecule has 0 amide bonds. The highest BCUT2D eigenvalue weighted by atomic mass is 15.2. The molecule has 0 unspecified atom stereocenters. The summed E-state index contributed by atoms with van der Waals surface area (Å²) in [7, 11) is 0. The molecule has 128 valence electrons. The Morgan fingerprint density at radius 3 is 1.79 bits per heavy atom. The van der Waals surface area contributed by atoms with Gasteiger partial charge >= 0.3 is 0 Å². The molecule has 0 radical (unpaired) electrons. The fraction of sp³-hybridized carbons (Fsp3) is 0.455. The van der Waals surface area contributed by atoms with Crippen LogP contribution in [-0.4, -0.2) is 23.5 Å². The summed E-state index contributed by atoms with van der Waals surface area (Å²) in [5, 5.41) is 0. The molecule has 0 N–H and O–H groups in total. The Labute approximate surface area is 147 Å². The van der Waals surface area contributed by atoms with Gasteiger partial charge in [-0.05, 0) is 56.9 Å². The molecule has 0 aliphatic carbocycles. The lowest BCUT2D eigenvalue weighted by Gasteiger charge is -2.23. The third-order valence-electron chi connectivity index (χ3n) is 5.14. The molecule has 0 saturated heterocycles. The molecule has 0 atom stereocenters. The van der Waals surface area contributed by atoms with Gasteiger partial charge in [-0.15, -0.1) is 0 Å². The fourth-order valence-electron chi connectivity index (χ4n) is 3.62. The van der Waals surface area contributed by atoms with Crippen LogP contribution in [0.4, 0.5) is 5.69 Å². The highest BCUT2D eigenvalue weighted by Gasteiger charge is 2.20. The normalized spacial score (nSPS) is 16.2. The smallest absolute Gasteiger partial charge is 0.0401 e. The number of rotatable bonds is 2. The molecule has 0 spiro atoms. The predicted molar refractivity (Wildman–Crippen MR) is 103 cm³/mol. The topological polar surface area (TPSA) is 6.48 Å². The second-order valence-corrected chi connectivity index (χ2v) is 7.43. The number of para-hydroxylation sites is 1. The quantitative estimate of drug-likeness (QED) is 0.778. The third-order valence-corrected chi connectivity index (χ3v) is 5.14. The number of hydrogen-bond donors (Lipinski definition) is 0. The van der Waals surface area contributed by atoms with Gasteiger partial charge in [-0.2, -0.15) is 0 Å². The molecule has 0 aromatic heterocycles. The predicted octanol–water partition coefficient (Wildman–Crippen LogP) is 4.87. The van der Waals surface area contributed by atoms with Crippen LogP contribution >= 0.6 is 0 Å². The van der Waals surface area contributed by atoms with Crippen molar-refractivity contribution in [2.45, 2.75) is 59.3 Å². The Morgan fingerprint density at radius 1 is 0.708 bits per heavy atom. The molecule has 0 fully saturated rings. The van der Waals surface area contributed by atoms with E-state index in [1.54, 1.807) is 0 Å². The van der Waals surface area contributed by atoms with Gasteiger partial charge in [0.2, 0.25) is 0 Å². The molecule has 0 bridgehead atoms. The van der Waals surface area contributed by atoms with Crippen molar-refractivity contribution >= 4 is 5.69 Å². The number of hydrogen-bond acceptors (Lipinski definition) is 2. The molecule has 2 nitrogen and oxygen atoms in total. The minimum Gasteiger partial charge on any atom is -0.369 e. The van der Waals surface area contributed by atoms with Crippen molar-refractivity contribution in [2.75, 3.05) is 11.4 Å². The van der Waals surface area contributed by atoms with Crippen molar-refractivity contribution < 1.29 is 0 Å². The third kappa shape index (κ3) is 3.64. The van der Waals surface area contributed by atoms with Gasteiger partial charge in [0.05, 0.1) is 0 Å². The second-order valence-electron chi connectivity index (χ2n) is 7.43. The van der Waals surface area contributed by atoms with Crippen LogP contribution in [0.15, 0.2) is 48.5 Å². The summed E-state index contributed by atoms with van der Waals surface area (Å²) in [5.74, 6) is 0. The molecule has 24 heavy (non-hydrogen) atoms. The first-order valence-corrected chi connectivity index (χ1v) is 9.21. The van der Waals surface area contributed by atoms with E-state index in [-0.39, 0.29) is 0 Å². The van der Waals surface area contributed by atoms with Crippen molar-refractivity contribution in [1.29, 1.82) is 0 Å². The highest BCUT2D eigenvalue weighted by Crippen LogP contribution is 2.28. The Bertz CT molecular complexity index is 650. The molecule has 2 heteroatoms. The summed E-state index contributed by atoms with van der Waals surface area (Å²) in [6.07, 6.45) is 1.22. The number of nitrogens with zero attached hydrogens (tertiary/aromatic N) is 2. The van der Waals surface area contributed by atoms with E-state index in [0.717, 1.165) is 13.1 Å². The first-order chi connectivity index (χ1) is 11.6.